The van der Waals surface area contributed by atoms with Crippen LogP contribution < -0.4 is 14.8 Å². The number of carbonyl (C=O) groups is 2. The van der Waals surface area contributed by atoms with Crippen molar-refractivity contribution in [3.8, 4) is 5.75 Å². The van der Waals surface area contributed by atoms with Gasteiger partial charge in [-0.2, -0.15) is 0 Å². The molecule has 1 aromatic carbocycles. The lowest BCUT2D eigenvalue weighted by molar-refractivity contribution is -0.133. The normalized spacial score (nSPS) is 18.7. The van der Waals surface area contributed by atoms with Gasteiger partial charge in [0, 0.05) is 56.1 Å². The van der Waals surface area contributed by atoms with Gasteiger partial charge in [-0.3, -0.25) is 23.2 Å². The van der Waals surface area contributed by atoms with Crippen LogP contribution in [0.15, 0.2) is 23.2 Å². The molecule has 49 heavy (non-hydrogen) atoms. The highest BCUT2D eigenvalue weighted by atomic mass is 32.2. The van der Waals surface area contributed by atoms with Crippen LogP contribution in [-0.2, 0) is 40.0 Å². The Hall–Kier alpha value is -2.95. The summed E-state index contributed by atoms with van der Waals surface area (Å²) in [4.78, 5) is 27.2. The molecule has 3 heterocycles. The first kappa shape index (κ1) is 42.2. The number of aromatic nitrogens is 1. The number of likely N-dealkylation sites (tertiary alicyclic amines) is 1. The number of anilines is 1. The third-order valence-corrected chi connectivity index (χ3v) is 9.98. The Labute approximate surface area is 286 Å². The van der Waals surface area contributed by atoms with Crippen molar-refractivity contribution in [2.24, 2.45) is 13.0 Å². The van der Waals surface area contributed by atoms with E-state index in [9.17, 15) is 35.7 Å². The van der Waals surface area contributed by atoms with Gasteiger partial charge in [0.2, 0.25) is 15.9 Å². The van der Waals surface area contributed by atoms with Crippen LogP contribution in [0.3, 0.4) is 0 Å². The first-order valence-corrected chi connectivity index (χ1v) is 18.8. The smallest absolute Gasteiger partial charge is 0.476 e. The summed E-state index contributed by atoms with van der Waals surface area (Å²) >= 11 is 0. The summed E-state index contributed by atoms with van der Waals surface area (Å²) < 4.78 is 107. The molecule has 1 aromatic heterocycles. The van der Waals surface area contributed by atoms with E-state index in [0.29, 0.717) is 12.1 Å². The van der Waals surface area contributed by atoms with Crippen LogP contribution in [0.4, 0.5) is 18.9 Å². The predicted octanol–water partition coefficient (Wildman–Crippen LogP) is 6.00. The fourth-order valence-electron chi connectivity index (χ4n) is 4.79. The Bertz CT molecular complexity index is 1610. The van der Waals surface area contributed by atoms with Crippen molar-refractivity contribution in [1.29, 1.82) is 0 Å². The summed E-state index contributed by atoms with van der Waals surface area (Å²) in [6, 6.07) is 0.367. The van der Waals surface area contributed by atoms with Gasteiger partial charge in [-0.15, -0.1) is 0 Å². The number of hydrogen-bond acceptors (Lipinski definition) is 9. The fourth-order valence-corrected chi connectivity index (χ4v) is 8.03. The summed E-state index contributed by atoms with van der Waals surface area (Å²) in [7, 11) is -7.13. The minimum Gasteiger partial charge on any atom is -0.489 e. The van der Waals surface area contributed by atoms with Crippen LogP contribution in [0.2, 0.25) is 0 Å². The molecule has 2 aliphatic rings. The number of carbonyl (C=O) groups excluding carboxylic acids is 2. The van der Waals surface area contributed by atoms with Crippen LogP contribution in [0.5, 0.6) is 5.75 Å². The van der Waals surface area contributed by atoms with Gasteiger partial charge in [0.05, 0.1) is 17.8 Å². The largest absolute Gasteiger partial charge is 0.489 e. The molecule has 2 atom stereocenters. The maximum atomic E-state index is 13.7. The molecule has 278 valence electrons. The molecular formula is C31H48F3N4O9PS. The van der Waals surface area contributed by atoms with E-state index in [2.05, 4.69) is 10.0 Å². The van der Waals surface area contributed by atoms with Crippen molar-refractivity contribution in [2.75, 3.05) is 31.6 Å². The van der Waals surface area contributed by atoms with Crippen LogP contribution in [-0.4, -0.2) is 73.2 Å². The average molecular weight is 741 g/mol. The molecule has 1 fully saturated rings. The maximum Gasteiger partial charge on any atom is 0.476 e. The number of nitrogens with one attached hydrogen (secondary N) is 2. The lowest BCUT2D eigenvalue weighted by Crippen LogP contribution is -2.44. The van der Waals surface area contributed by atoms with Crippen molar-refractivity contribution in [3.05, 3.63) is 41.5 Å². The van der Waals surface area contributed by atoms with Gasteiger partial charge in [0.15, 0.2) is 28.9 Å². The first-order valence-electron chi connectivity index (χ1n) is 15.8. The average Bonchev–Trinajstić information content (AvgIpc) is 3.52. The van der Waals surface area contributed by atoms with Gasteiger partial charge < -0.3 is 19.5 Å². The van der Waals surface area contributed by atoms with Crippen molar-refractivity contribution in [1.82, 2.24) is 14.2 Å². The topological polar surface area (TPSA) is 154 Å². The van der Waals surface area contributed by atoms with Crippen molar-refractivity contribution in [2.45, 2.75) is 91.4 Å². The molecule has 0 saturated carbocycles. The SMILES string of the molecule is CC.CC.Cn1cc2c(c1C(=O)Nc1cc(F)c(F)c(F)c1)OCC1CN(C(=O)COP(=O)(OC(C)(C)C)OC(C)(C)C)CC1NS2(=O)=O. The van der Waals surface area contributed by atoms with E-state index in [1.54, 1.807) is 41.5 Å². The summed E-state index contributed by atoms with van der Waals surface area (Å²) in [5.41, 5.74) is -2.54. The number of phosphoric acid groups is 1. The summed E-state index contributed by atoms with van der Waals surface area (Å²) in [5, 5.41) is 2.22. The zero-order valence-electron chi connectivity index (χ0n) is 29.8. The van der Waals surface area contributed by atoms with E-state index in [-0.39, 0.29) is 36.0 Å². The number of hydrogen-bond donors (Lipinski definition) is 2. The Morgan fingerprint density at radius 1 is 1.00 bits per heavy atom. The number of rotatable bonds is 7. The molecule has 2 aromatic rings. The molecule has 2 N–H and O–H groups in total. The van der Waals surface area contributed by atoms with Gasteiger partial charge in [0.1, 0.15) is 11.5 Å². The standard InChI is InChI=1S/C27H36F3N4O9PS.2C2H6/c1-26(2,3)42-44(37,43-27(4,5)6)41-14-21(35)34-10-15-13-40-24-20(45(38,39)32-19(15)11-34)12-33(7)23(24)25(36)31-16-8-17(28)22(30)18(29)9-16;2*1-2/h8-9,12,15,19,32H,10-11,13-14H2,1-7H3,(H,31,36);2*1-2H3. The molecule has 0 radical (unpaired) electrons. The van der Waals surface area contributed by atoms with Gasteiger partial charge in [0.25, 0.3) is 5.91 Å². The molecule has 1 saturated heterocycles. The van der Waals surface area contributed by atoms with E-state index in [0.717, 1.165) is 6.20 Å². The van der Waals surface area contributed by atoms with E-state index >= 15 is 0 Å². The first-order chi connectivity index (χ1) is 22.6. The Balaban J connectivity index is 0.00000201. The molecular weight excluding hydrogens is 692 g/mol. The maximum absolute atomic E-state index is 13.7. The number of halogens is 3. The highest BCUT2D eigenvalue weighted by Gasteiger charge is 2.44. The number of ether oxygens (including phenoxy) is 1. The quantitative estimate of drug-likeness (QED) is 0.257. The third kappa shape index (κ3) is 11.0. The zero-order chi connectivity index (χ0) is 37.7. The predicted molar refractivity (Wildman–Crippen MR) is 177 cm³/mol. The van der Waals surface area contributed by atoms with E-state index in [4.69, 9.17) is 18.3 Å². The second-order valence-corrected chi connectivity index (χ2v) is 15.9. The molecule has 0 bridgehead atoms. The summed E-state index contributed by atoms with van der Waals surface area (Å²) in [6.45, 7) is 17.1. The second-order valence-electron chi connectivity index (χ2n) is 12.7. The molecule has 18 heteroatoms. The van der Waals surface area contributed by atoms with Crippen LogP contribution in [0, 0.1) is 23.4 Å². The number of fused-ring (bicyclic) bond motifs is 2. The molecule has 2 unspecified atom stereocenters. The fraction of sp³-hybridized carbons (Fsp3) is 0.613. The highest BCUT2D eigenvalue weighted by Crippen LogP contribution is 2.55. The minimum absolute atomic E-state index is 0.0256. The van der Waals surface area contributed by atoms with E-state index in [1.165, 1.54) is 16.5 Å². The number of phosphoric ester groups is 1. The Kier molecular flexibility index (Phi) is 14.1. The number of sulfonamides is 1. The van der Waals surface area contributed by atoms with E-state index < -0.39 is 82.6 Å². The van der Waals surface area contributed by atoms with Crippen LogP contribution in [0.25, 0.3) is 0 Å². The number of nitrogens with zero attached hydrogens (tertiary/aromatic N) is 2. The lowest BCUT2D eigenvalue weighted by atomic mass is 10.1. The number of benzene rings is 1. The monoisotopic (exact) mass is 740 g/mol. The van der Waals surface area contributed by atoms with Gasteiger partial charge in [-0.05, 0) is 41.5 Å². The molecule has 2 aliphatic heterocycles. The second kappa shape index (κ2) is 16.4. The van der Waals surface area contributed by atoms with Crippen molar-refractivity contribution in [3.63, 3.8) is 0 Å². The summed E-state index contributed by atoms with van der Waals surface area (Å²) in [5.74, 6) is -7.25. The van der Waals surface area contributed by atoms with Crippen LogP contribution >= 0.6 is 7.82 Å². The molecule has 13 nitrogen and oxygen atoms in total. The molecule has 2 amide bonds. The van der Waals surface area contributed by atoms with Gasteiger partial charge >= 0.3 is 7.82 Å². The highest BCUT2D eigenvalue weighted by molar-refractivity contribution is 7.89. The Morgan fingerprint density at radius 3 is 2.04 bits per heavy atom. The minimum atomic E-state index is -4.31. The lowest BCUT2D eigenvalue weighted by Gasteiger charge is -2.31. The van der Waals surface area contributed by atoms with Gasteiger partial charge in [-0.25, -0.2) is 30.9 Å². The summed E-state index contributed by atoms with van der Waals surface area (Å²) in [6.07, 6.45) is 1.13. The molecule has 4 rings (SSSR count). The van der Waals surface area contributed by atoms with Gasteiger partial charge in [-0.1, -0.05) is 27.7 Å². The third-order valence-electron chi connectivity index (χ3n) is 6.51. The van der Waals surface area contributed by atoms with Crippen molar-refractivity contribution < 1.29 is 54.1 Å². The Morgan fingerprint density at radius 2 is 1.53 bits per heavy atom. The molecule has 0 spiro atoms. The van der Waals surface area contributed by atoms with Crippen LogP contribution in [0.1, 0.15) is 79.7 Å². The number of amides is 2. The van der Waals surface area contributed by atoms with Crippen molar-refractivity contribution >= 4 is 35.3 Å². The zero-order valence-corrected chi connectivity index (χ0v) is 31.5. The van der Waals surface area contributed by atoms with E-state index in [1.807, 2.05) is 27.7 Å². The molecule has 0 aliphatic carbocycles. The number of aryl methyl sites for hydroxylation is 1.